The van der Waals surface area contributed by atoms with Crippen molar-refractivity contribution >= 4 is 45.6 Å². The molecular formula is C21H13Cl2NO2. The third kappa shape index (κ3) is 3.07. The zero-order valence-corrected chi connectivity index (χ0v) is 15.0. The first-order chi connectivity index (χ1) is 12.6. The molecule has 1 aromatic heterocycles. The summed E-state index contributed by atoms with van der Waals surface area (Å²) in [5.41, 5.74) is 1.37. The van der Waals surface area contributed by atoms with Gasteiger partial charge in [-0.05, 0) is 35.7 Å². The molecule has 4 aromatic rings. The Labute approximate surface area is 160 Å². The number of hydrogen-bond donors (Lipinski definition) is 1. The van der Waals surface area contributed by atoms with Crippen molar-refractivity contribution in [3.05, 3.63) is 88.6 Å². The summed E-state index contributed by atoms with van der Waals surface area (Å²) in [5, 5.41) is 5.74. The standard InChI is InChI=1S/C21H13Cl2NO2/c22-16-9-4-8-15(20(16)23)18-11-12-19(26-18)21(25)24-17-10-3-6-13-5-1-2-7-14(13)17/h1-12H,(H,24,25). The highest BCUT2D eigenvalue weighted by atomic mass is 35.5. The lowest BCUT2D eigenvalue weighted by Gasteiger charge is -2.07. The minimum absolute atomic E-state index is 0.198. The Morgan fingerprint density at radius 1 is 0.846 bits per heavy atom. The predicted molar refractivity (Wildman–Crippen MR) is 106 cm³/mol. The van der Waals surface area contributed by atoms with Gasteiger partial charge in [0.2, 0.25) is 0 Å². The fourth-order valence-electron chi connectivity index (χ4n) is 2.82. The van der Waals surface area contributed by atoms with Gasteiger partial charge >= 0.3 is 0 Å². The molecule has 4 rings (SSSR count). The monoisotopic (exact) mass is 381 g/mol. The van der Waals surface area contributed by atoms with Crippen molar-refractivity contribution in [2.24, 2.45) is 0 Å². The molecule has 1 amide bonds. The van der Waals surface area contributed by atoms with Crippen LogP contribution in [-0.2, 0) is 0 Å². The fourth-order valence-corrected chi connectivity index (χ4v) is 3.21. The molecule has 1 heterocycles. The molecule has 128 valence electrons. The number of hydrogen-bond acceptors (Lipinski definition) is 2. The molecule has 0 spiro atoms. The van der Waals surface area contributed by atoms with Crippen molar-refractivity contribution in [1.82, 2.24) is 0 Å². The Morgan fingerprint density at radius 2 is 1.62 bits per heavy atom. The number of benzene rings is 3. The van der Waals surface area contributed by atoms with Crippen LogP contribution in [0.3, 0.4) is 0 Å². The number of fused-ring (bicyclic) bond motifs is 1. The van der Waals surface area contributed by atoms with E-state index in [2.05, 4.69) is 5.32 Å². The third-order valence-electron chi connectivity index (χ3n) is 4.08. The zero-order valence-electron chi connectivity index (χ0n) is 13.5. The number of rotatable bonds is 3. The molecule has 3 nitrogen and oxygen atoms in total. The first kappa shape index (κ1) is 16.7. The lowest BCUT2D eigenvalue weighted by Crippen LogP contribution is -2.11. The largest absolute Gasteiger partial charge is 0.451 e. The maximum absolute atomic E-state index is 12.6. The Bertz CT molecular complexity index is 1110. The van der Waals surface area contributed by atoms with Gasteiger partial charge in [-0.15, -0.1) is 0 Å². The van der Waals surface area contributed by atoms with Crippen molar-refractivity contribution in [2.75, 3.05) is 5.32 Å². The molecule has 0 atom stereocenters. The van der Waals surface area contributed by atoms with Gasteiger partial charge in [0.25, 0.3) is 5.91 Å². The molecule has 0 saturated carbocycles. The van der Waals surface area contributed by atoms with Crippen LogP contribution in [0.4, 0.5) is 5.69 Å². The molecule has 1 N–H and O–H groups in total. The van der Waals surface area contributed by atoms with Gasteiger partial charge in [0.05, 0.1) is 10.0 Å². The minimum Gasteiger partial charge on any atom is -0.451 e. The molecular weight excluding hydrogens is 369 g/mol. The van der Waals surface area contributed by atoms with Crippen LogP contribution in [-0.4, -0.2) is 5.91 Å². The van der Waals surface area contributed by atoms with E-state index in [1.165, 1.54) is 0 Å². The van der Waals surface area contributed by atoms with Gasteiger partial charge in [0.15, 0.2) is 5.76 Å². The van der Waals surface area contributed by atoms with Crippen LogP contribution in [0, 0.1) is 0 Å². The van der Waals surface area contributed by atoms with Crippen LogP contribution in [0.15, 0.2) is 77.2 Å². The highest BCUT2D eigenvalue weighted by molar-refractivity contribution is 6.43. The van der Waals surface area contributed by atoms with E-state index < -0.39 is 0 Å². The van der Waals surface area contributed by atoms with Crippen LogP contribution in [0.1, 0.15) is 10.6 Å². The molecule has 0 bridgehead atoms. The van der Waals surface area contributed by atoms with Crippen LogP contribution in [0.2, 0.25) is 10.0 Å². The van der Waals surface area contributed by atoms with Crippen molar-refractivity contribution in [3.8, 4) is 11.3 Å². The summed E-state index contributed by atoms with van der Waals surface area (Å²) in [5.74, 6) is 0.357. The Hall–Kier alpha value is -2.75. The number of carbonyl (C=O) groups is 1. The summed E-state index contributed by atoms with van der Waals surface area (Å²) in [6.07, 6.45) is 0. The highest BCUT2D eigenvalue weighted by Gasteiger charge is 2.16. The molecule has 0 fully saturated rings. The molecule has 0 aliphatic rings. The molecule has 0 saturated heterocycles. The number of carbonyl (C=O) groups excluding carboxylic acids is 1. The maximum atomic E-state index is 12.6. The number of nitrogens with one attached hydrogen (secondary N) is 1. The third-order valence-corrected chi connectivity index (χ3v) is 4.90. The van der Waals surface area contributed by atoms with Gasteiger partial charge in [-0.2, -0.15) is 0 Å². The van der Waals surface area contributed by atoms with Crippen LogP contribution >= 0.6 is 23.2 Å². The van der Waals surface area contributed by atoms with Gasteiger partial charge < -0.3 is 9.73 Å². The van der Waals surface area contributed by atoms with Crippen molar-refractivity contribution in [2.45, 2.75) is 0 Å². The second kappa shape index (κ2) is 6.87. The molecule has 5 heteroatoms. The van der Waals surface area contributed by atoms with E-state index in [4.69, 9.17) is 27.6 Å². The summed E-state index contributed by atoms with van der Waals surface area (Å²) in [7, 11) is 0. The first-order valence-electron chi connectivity index (χ1n) is 7.97. The lowest BCUT2D eigenvalue weighted by molar-refractivity contribution is 0.0997. The molecule has 26 heavy (non-hydrogen) atoms. The Balaban J connectivity index is 1.63. The number of amides is 1. The van der Waals surface area contributed by atoms with Gasteiger partial charge in [-0.25, -0.2) is 0 Å². The van der Waals surface area contributed by atoms with E-state index in [0.717, 1.165) is 16.5 Å². The molecule has 0 aliphatic carbocycles. The average molecular weight is 382 g/mol. The van der Waals surface area contributed by atoms with E-state index in [9.17, 15) is 4.79 Å². The van der Waals surface area contributed by atoms with E-state index in [-0.39, 0.29) is 11.7 Å². The van der Waals surface area contributed by atoms with Gasteiger partial charge in [0, 0.05) is 16.6 Å². The fraction of sp³-hybridized carbons (Fsp3) is 0. The molecule has 3 aromatic carbocycles. The topological polar surface area (TPSA) is 42.2 Å². The number of furan rings is 1. The number of anilines is 1. The van der Waals surface area contributed by atoms with Crippen LogP contribution in [0.25, 0.3) is 22.1 Å². The van der Waals surface area contributed by atoms with Crippen LogP contribution < -0.4 is 5.32 Å². The SMILES string of the molecule is O=C(Nc1cccc2ccccc12)c1ccc(-c2cccc(Cl)c2Cl)o1. The Morgan fingerprint density at radius 3 is 2.50 bits per heavy atom. The molecule has 0 unspecified atom stereocenters. The van der Waals surface area contributed by atoms with Crippen molar-refractivity contribution < 1.29 is 9.21 Å². The van der Waals surface area contributed by atoms with Gasteiger partial charge in [-0.3, -0.25) is 4.79 Å². The average Bonchev–Trinajstić information content (AvgIpc) is 3.14. The minimum atomic E-state index is -0.328. The normalized spacial score (nSPS) is 10.8. The summed E-state index contributed by atoms with van der Waals surface area (Å²) >= 11 is 12.3. The summed E-state index contributed by atoms with van der Waals surface area (Å²) in [4.78, 5) is 12.6. The van der Waals surface area contributed by atoms with Crippen molar-refractivity contribution in [3.63, 3.8) is 0 Å². The van der Waals surface area contributed by atoms with Crippen molar-refractivity contribution in [1.29, 1.82) is 0 Å². The second-order valence-corrected chi connectivity index (χ2v) is 6.53. The van der Waals surface area contributed by atoms with Gasteiger partial charge in [0.1, 0.15) is 5.76 Å². The first-order valence-corrected chi connectivity index (χ1v) is 8.72. The van der Waals surface area contributed by atoms with E-state index in [1.54, 1.807) is 30.3 Å². The molecule has 0 aliphatic heterocycles. The van der Waals surface area contributed by atoms with Crippen LogP contribution in [0.5, 0.6) is 0 Å². The summed E-state index contributed by atoms with van der Waals surface area (Å²) < 4.78 is 5.70. The maximum Gasteiger partial charge on any atom is 0.291 e. The van der Waals surface area contributed by atoms with E-state index in [1.807, 2.05) is 42.5 Å². The summed E-state index contributed by atoms with van der Waals surface area (Å²) in [6, 6.07) is 22.2. The lowest BCUT2D eigenvalue weighted by atomic mass is 10.1. The van der Waals surface area contributed by atoms with E-state index in [0.29, 0.717) is 21.4 Å². The van der Waals surface area contributed by atoms with Gasteiger partial charge in [-0.1, -0.05) is 65.7 Å². The second-order valence-electron chi connectivity index (χ2n) is 5.75. The molecule has 0 radical (unpaired) electrons. The summed E-state index contributed by atoms with van der Waals surface area (Å²) in [6.45, 7) is 0. The quantitative estimate of drug-likeness (QED) is 0.431. The highest BCUT2D eigenvalue weighted by Crippen LogP contribution is 2.34. The smallest absolute Gasteiger partial charge is 0.291 e. The predicted octanol–water partition coefficient (Wildman–Crippen LogP) is 6.66. The number of halogens is 2. The Kier molecular flexibility index (Phi) is 4.41. The van der Waals surface area contributed by atoms with E-state index >= 15 is 0 Å². The zero-order chi connectivity index (χ0) is 18.1.